The Morgan fingerprint density at radius 1 is 1.22 bits per heavy atom. The number of carbonyl (C=O) groups is 1. The van der Waals surface area contributed by atoms with Crippen LogP contribution < -0.4 is 0 Å². The molecule has 3 fully saturated rings. The standard InChI is InChI=1S/C17H28O/c1-10-6-7-17-9-14(10)16(4,5)15(17)13(12(3)18)8-11(17)2/h10-11,13-15H,6-9H2,1-5H3/t10-,11-,13?,14+,15+,17+/m1/s1. The molecule has 3 saturated carbocycles. The molecule has 0 radical (unpaired) electrons. The molecule has 0 saturated heterocycles. The quantitative estimate of drug-likeness (QED) is 0.676. The van der Waals surface area contributed by atoms with E-state index in [4.69, 9.17) is 0 Å². The van der Waals surface area contributed by atoms with Crippen molar-refractivity contribution in [3.63, 3.8) is 0 Å². The van der Waals surface area contributed by atoms with Crippen molar-refractivity contribution >= 4 is 5.78 Å². The molecular weight excluding hydrogens is 220 g/mol. The van der Waals surface area contributed by atoms with Crippen LogP contribution >= 0.6 is 0 Å². The van der Waals surface area contributed by atoms with Crippen LogP contribution in [0.1, 0.15) is 60.3 Å². The lowest BCUT2D eigenvalue weighted by atomic mass is 9.65. The molecule has 0 N–H and O–H groups in total. The first-order valence-electron chi connectivity index (χ1n) is 7.81. The summed E-state index contributed by atoms with van der Waals surface area (Å²) < 4.78 is 0. The summed E-state index contributed by atoms with van der Waals surface area (Å²) in [6.07, 6.45) is 5.32. The van der Waals surface area contributed by atoms with Crippen molar-refractivity contribution in [1.82, 2.24) is 0 Å². The highest BCUT2D eigenvalue weighted by Gasteiger charge is 2.68. The summed E-state index contributed by atoms with van der Waals surface area (Å²) in [4.78, 5) is 12.1. The molecular formula is C17H28O. The van der Waals surface area contributed by atoms with Gasteiger partial charge in [0.25, 0.3) is 0 Å². The van der Waals surface area contributed by atoms with Crippen molar-refractivity contribution in [2.45, 2.75) is 60.3 Å². The molecule has 1 heteroatoms. The van der Waals surface area contributed by atoms with Crippen LogP contribution in [0, 0.1) is 40.4 Å². The lowest BCUT2D eigenvalue weighted by molar-refractivity contribution is -0.123. The lowest BCUT2D eigenvalue weighted by Gasteiger charge is -2.39. The van der Waals surface area contributed by atoms with Crippen molar-refractivity contribution in [2.24, 2.45) is 40.4 Å². The van der Waals surface area contributed by atoms with E-state index in [9.17, 15) is 4.79 Å². The van der Waals surface area contributed by atoms with E-state index in [1.54, 1.807) is 0 Å². The van der Waals surface area contributed by atoms with E-state index in [2.05, 4.69) is 27.7 Å². The molecule has 0 amide bonds. The molecule has 6 atom stereocenters. The first-order valence-corrected chi connectivity index (χ1v) is 7.81. The molecule has 0 aromatic heterocycles. The van der Waals surface area contributed by atoms with E-state index < -0.39 is 0 Å². The largest absolute Gasteiger partial charge is 0.300 e. The summed E-state index contributed by atoms with van der Waals surface area (Å²) in [7, 11) is 0. The maximum atomic E-state index is 12.1. The zero-order valence-corrected chi connectivity index (χ0v) is 12.6. The van der Waals surface area contributed by atoms with Gasteiger partial charge in [-0.1, -0.05) is 27.7 Å². The van der Waals surface area contributed by atoms with Crippen LogP contribution in [0.5, 0.6) is 0 Å². The summed E-state index contributed by atoms with van der Waals surface area (Å²) in [5.41, 5.74) is 0.883. The molecule has 3 aliphatic carbocycles. The predicted octanol–water partition coefficient (Wildman–Crippen LogP) is 4.31. The molecule has 102 valence electrons. The fourth-order valence-corrected chi connectivity index (χ4v) is 6.49. The Morgan fingerprint density at radius 2 is 1.89 bits per heavy atom. The topological polar surface area (TPSA) is 17.1 Å². The van der Waals surface area contributed by atoms with Gasteiger partial charge in [0, 0.05) is 5.92 Å². The van der Waals surface area contributed by atoms with E-state index in [0.717, 1.165) is 24.2 Å². The van der Waals surface area contributed by atoms with Crippen molar-refractivity contribution in [3.8, 4) is 0 Å². The molecule has 0 aromatic carbocycles. The van der Waals surface area contributed by atoms with E-state index in [1.807, 2.05) is 6.92 Å². The van der Waals surface area contributed by atoms with Crippen LogP contribution in [-0.4, -0.2) is 5.78 Å². The minimum atomic E-state index is 0.352. The molecule has 1 unspecified atom stereocenters. The number of fused-ring (bicyclic) bond motifs is 1. The maximum absolute atomic E-state index is 12.1. The Bertz CT molecular complexity index is 383. The molecule has 2 bridgehead atoms. The van der Waals surface area contributed by atoms with Gasteiger partial charge in [0.05, 0.1) is 0 Å². The van der Waals surface area contributed by atoms with E-state index >= 15 is 0 Å². The summed E-state index contributed by atoms with van der Waals surface area (Å²) in [6.45, 7) is 11.6. The molecule has 0 heterocycles. The van der Waals surface area contributed by atoms with E-state index in [-0.39, 0.29) is 0 Å². The molecule has 1 nitrogen and oxygen atoms in total. The number of Topliss-reactive ketones (excluding diaryl/α,β-unsaturated/α-hetero) is 1. The van der Waals surface area contributed by atoms with Gasteiger partial charge in [-0.2, -0.15) is 0 Å². The highest BCUT2D eigenvalue weighted by atomic mass is 16.1. The van der Waals surface area contributed by atoms with Crippen LogP contribution in [-0.2, 0) is 4.79 Å². The van der Waals surface area contributed by atoms with E-state index in [0.29, 0.717) is 28.4 Å². The fraction of sp³-hybridized carbons (Fsp3) is 0.941. The smallest absolute Gasteiger partial charge is 0.133 e. The average Bonchev–Trinajstić information content (AvgIpc) is 2.66. The Hall–Kier alpha value is -0.330. The van der Waals surface area contributed by atoms with Crippen molar-refractivity contribution < 1.29 is 4.79 Å². The van der Waals surface area contributed by atoms with Gasteiger partial charge in [-0.25, -0.2) is 0 Å². The maximum Gasteiger partial charge on any atom is 0.133 e. The highest BCUT2D eigenvalue weighted by Crippen LogP contribution is 2.73. The minimum Gasteiger partial charge on any atom is -0.300 e. The average molecular weight is 248 g/mol. The van der Waals surface area contributed by atoms with Gasteiger partial charge < -0.3 is 0 Å². The number of carbonyl (C=O) groups excluding carboxylic acids is 1. The SMILES string of the molecule is CC(=O)C1C[C@@H](C)[C@]23CC[C@@H](C)[C@H](C2)C(C)(C)[C@H]13. The third-order valence-corrected chi connectivity index (χ3v) is 7.24. The molecule has 0 aromatic rings. The highest BCUT2D eigenvalue weighted by molar-refractivity contribution is 5.79. The molecule has 1 spiro atoms. The van der Waals surface area contributed by atoms with E-state index in [1.165, 1.54) is 19.3 Å². The van der Waals surface area contributed by atoms with Crippen molar-refractivity contribution in [2.75, 3.05) is 0 Å². The Kier molecular flexibility index (Phi) is 2.55. The van der Waals surface area contributed by atoms with Crippen molar-refractivity contribution in [1.29, 1.82) is 0 Å². The molecule has 18 heavy (non-hydrogen) atoms. The molecule has 3 aliphatic rings. The molecule has 0 aliphatic heterocycles. The zero-order chi connectivity index (χ0) is 13.3. The fourth-order valence-electron chi connectivity index (χ4n) is 6.49. The normalized spacial score (nSPS) is 53.3. The van der Waals surface area contributed by atoms with Gasteiger partial charge >= 0.3 is 0 Å². The second-order valence-electron chi connectivity index (χ2n) is 8.21. The Labute approximate surface area is 112 Å². The zero-order valence-electron chi connectivity index (χ0n) is 12.6. The van der Waals surface area contributed by atoms with Crippen LogP contribution in [0.25, 0.3) is 0 Å². The summed E-state index contributed by atoms with van der Waals surface area (Å²) in [5, 5.41) is 0. The summed E-state index contributed by atoms with van der Waals surface area (Å²) in [6, 6.07) is 0. The van der Waals surface area contributed by atoms with Crippen molar-refractivity contribution in [3.05, 3.63) is 0 Å². The van der Waals surface area contributed by atoms with Crippen LogP contribution in [0.3, 0.4) is 0 Å². The number of ketones is 1. The third-order valence-electron chi connectivity index (χ3n) is 7.24. The Balaban J connectivity index is 2.08. The first-order chi connectivity index (χ1) is 8.30. The van der Waals surface area contributed by atoms with Crippen LogP contribution in [0.4, 0.5) is 0 Å². The van der Waals surface area contributed by atoms with Gasteiger partial charge in [-0.3, -0.25) is 4.79 Å². The predicted molar refractivity (Wildman–Crippen MR) is 74.2 cm³/mol. The monoisotopic (exact) mass is 248 g/mol. The number of hydrogen-bond donors (Lipinski definition) is 0. The number of hydrogen-bond acceptors (Lipinski definition) is 1. The first kappa shape index (κ1) is 12.7. The minimum absolute atomic E-state index is 0.352. The van der Waals surface area contributed by atoms with Gasteiger partial charge in [-0.15, -0.1) is 0 Å². The lowest BCUT2D eigenvalue weighted by Crippen LogP contribution is -2.35. The van der Waals surface area contributed by atoms with Gasteiger partial charge in [-0.05, 0) is 67.1 Å². The van der Waals surface area contributed by atoms with Crippen LogP contribution in [0.15, 0.2) is 0 Å². The summed E-state index contributed by atoms with van der Waals surface area (Å²) >= 11 is 0. The third kappa shape index (κ3) is 1.31. The summed E-state index contributed by atoms with van der Waals surface area (Å²) in [5.74, 6) is 3.93. The van der Waals surface area contributed by atoms with Gasteiger partial charge in [0.15, 0.2) is 0 Å². The van der Waals surface area contributed by atoms with Crippen LogP contribution in [0.2, 0.25) is 0 Å². The van der Waals surface area contributed by atoms with Gasteiger partial charge in [0.1, 0.15) is 5.78 Å². The number of rotatable bonds is 1. The second-order valence-corrected chi connectivity index (χ2v) is 8.21. The van der Waals surface area contributed by atoms with Gasteiger partial charge in [0.2, 0.25) is 0 Å². The second kappa shape index (κ2) is 3.61. The molecule has 3 rings (SSSR count). The Morgan fingerprint density at radius 3 is 2.50 bits per heavy atom.